The Balaban J connectivity index is 1.66. The minimum Gasteiger partial charge on any atom is -0.480 e. The van der Waals surface area contributed by atoms with Crippen LogP contribution in [0, 0.1) is 0 Å². The molecule has 7 nitrogen and oxygen atoms in total. The number of carboxylic acid groups (broad SMARTS) is 1. The smallest absolute Gasteiger partial charge is 0.317 e. The molecule has 0 aliphatic carbocycles. The molecule has 1 aromatic heterocycles. The average Bonchev–Trinajstić information content (AvgIpc) is 2.77. The summed E-state index contributed by atoms with van der Waals surface area (Å²) in [5.74, 6) is 1.56. The van der Waals surface area contributed by atoms with Gasteiger partial charge in [0, 0.05) is 38.6 Å². The molecule has 1 saturated heterocycles. The Morgan fingerprint density at radius 2 is 2.10 bits per heavy atom. The first-order valence-corrected chi connectivity index (χ1v) is 7.18. The molecule has 2 aliphatic heterocycles. The highest BCUT2D eigenvalue weighted by molar-refractivity contribution is 5.69. The van der Waals surface area contributed by atoms with Crippen molar-refractivity contribution in [2.45, 2.75) is 31.7 Å². The molecule has 0 radical (unpaired) electrons. The number of nitrogens with zero attached hydrogens (tertiary/aromatic N) is 4. The van der Waals surface area contributed by atoms with Crippen LogP contribution in [0.4, 0.5) is 0 Å². The predicted molar refractivity (Wildman–Crippen MR) is 70.6 cm³/mol. The van der Waals surface area contributed by atoms with E-state index >= 15 is 0 Å². The maximum atomic E-state index is 10.8. The Morgan fingerprint density at radius 3 is 2.85 bits per heavy atom. The number of ether oxygens (including phenoxy) is 1. The van der Waals surface area contributed by atoms with E-state index in [9.17, 15) is 4.79 Å². The summed E-state index contributed by atoms with van der Waals surface area (Å²) in [6.45, 7) is 3.85. The van der Waals surface area contributed by atoms with Crippen molar-refractivity contribution in [2.24, 2.45) is 0 Å². The van der Waals surface area contributed by atoms with Gasteiger partial charge in [-0.1, -0.05) is 0 Å². The lowest BCUT2D eigenvalue weighted by Gasteiger charge is -2.19. The van der Waals surface area contributed by atoms with Crippen molar-refractivity contribution in [3.63, 3.8) is 0 Å². The summed E-state index contributed by atoms with van der Waals surface area (Å²) < 4.78 is 7.32. The zero-order valence-electron chi connectivity index (χ0n) is 11.5. The molecule has 0 saturated carbocycles. The number of fused-ring (bicyclic) bond motifs is 1. The van der Waals surface area contributed by atoms with Gasteiger partial charge in [0.1, 0.15) is 5.82 Å². The van der Waals surface area contributed by atoms with Crippen LogP contribution in [0.5, 0.6) is 0 Å². The summed E-state index contributed by atoms with van der Waals surface area (Å²) in [5, 5.41) is 13.5. The molecule has 0 unspecified atom stereocenters. The SMILES string of the molecule is O=C(O)CN1CCc2nc(C3CCOCC3)nn2CC1. The first-order chi connectivity index (χ1) is 9.72. The van der Waals surface area contributed by atoms with E-state index in [4.69, 9.17) is 9.84 Å². The van der Waals surface area contributed by atoms with Crippen LogP contribution in [0.25, 0.3) is 0 Å². The summed E-state index contributed by atoms with van der Waals surface area (Å²) in [4.78, 5) is 17.4. The molecule has 0 atom stereocenters. The van der Waals surface area contributed by atoms with Crippen LogP contribution in [0.2, 0.25) is 0 Å². The Morgan fingerprint density at radius 1 is 1.30 bits per heavy atom. The van der Waals surface area contributed by atoms with Gasteiger partial charge < -0.3 is 9.84 Å². The molecule has 0 spiro atoms. The number of rotatable bonds is 3. The molecule has 0 aromatic carbocycles. The quantitative estimate of drug-likeness (QED) is 0.846. The van der Waals surface area contributed by atoms with Gasteiger partial charge in [0.15, 0.2) is 5.82 Å². The van der Waals surface area contributed by atoms with E-state index in [-0.39, 0.29) is 6.54 Å². The molecule has 110 valence electrons. The Hall–Kier alpha value is -1.47. The van der Waals surface area contributed by atoms with Crippen LogP contribution in [0.15, 0.2) is 0 Å². The second-order valence-electron chi connectivity index (χ2n) is 5.42. The van der Waals surface area contributed by atoms with Crippen LogP contribution in [-0.4, -0.2) is 63.6 Å². The highest BCUT2D eigenvalue weighted by Gasteiger charge is 2.24. The average molecular weight is 280 g/mol. The highest BCUT2D eigenvalue weighted by atomic mass is 16.5. The van der Waals surface area contributed by atoms with E-state index in [1.165, 1.54) is 0 Å². The number of hydrogen-bond donors (Lipinski definition) is 1. The van der Waals surface area contributed by atoms with Gasteiger partial charge >= 0.3 is 5.97 Å². The van der Waals surface area contributed by atoms with Crippen LogP contribution < -0.4 is 0 Å². The highest BCUT2D eigenvalue weighted by Crippen LogP contribution is 2.24. The molecule has 20 heavy (non-hydrogen) atoms. The fourth-order valence-corrected chi connectivity index (χ4v) is 2.84. The number of aromatic nitrogens is 3. The summed E-state index contributed by atoms with van der Waals surface area (Å²) in [6.07, 6.45) is 2.76. The summed E-state index contributed by atoms with van der Waals surface area (Å²) >= 11 is 0. The number of aliphatic carboxylic acids is 1. The molecule has 0 bridgehead atoms. The third-order valence-electron chi connectivity index (χ3n) is 3.99. The van der Waals surface area contributed by atoms with Crippen molar-refractivity contribution < 1.29 is 14.6 Å². The van der Waals surface area contributed by atoms with Crippen molar-refractivity contribution in [3.8, 4) is 0 Å². The first-order valence-electron chi connectivity index (χ1n) is 7.18. The normalized spacial score (nSPS) is 21.4. The standard InChI is InChI=1S/C13H20N4O3/c18-12(19)9-16-4-1-11-14-13(15-17(11)6-5-16)10-2-7-20-8-3-10/h10H,1-9H2,(H,18,19). The van der Waals surface area contributed by atoms with Gasteiger partial charge in [-0.25, -0.2) is 9.67 Å². The van der Waals surface area contributed by atoms with Gasteiger partial charge in [0.2, 0.25) is 0 Å². The van der Waals surface area contributed by atoms with Crippen molar-refractivity contribution in [1.29, 1.82) is 0 Å². The fraction of sp³-hybridized carbons (Fsp3) is 0.769. The molecule has 7 heteroatoms. The summed E-state index contributed by atoms with van der Waals surface area (Å²) in [5.41, 5.74) is 0. The maximum absolute atomic E-state index is 10.8. The minimum atomic E-state index is -0.777. The van der Waals surface area contributed by atoms with E-state index in [1.807, 2.05) is 9.58 Å². The van der Waals surface area contributed by atoms with E-state index in [2.05, 4.69) is 10.1 Å². The topological polar surface area (TPSA) is 80.5 Å². The molecule has 2 aliphatic rings. The zero-order valence-corrected chi connectivity index (χ0v) is 11.5. The lowest BCUT2D eigenvalue weighted by Crippen LogP contribution is -2.32. The summed E-state index contributed by atoms with van der Waals surface area (Å²) in [6, 6.07) is 0. The van der Waals surface area contributed by atoms with Crippen LogP contribution >= 0.6 is 0 Å². The fourth-order valence-electron chi connectivity index (χ4n) is 2.84. The van der Waals surface area contributed by atoms with Gasteiger partial charge in [-0.15, -0.1) is 0 Å². The van der Waals surface area contributed by atoms with E-state index in [0.29, 0.717) is 5.92 Å². The Labute approximate surface area is 117 Å². The predicted octanol–water partition coefficient (Wildman–Crippen LogP) is 0.115. The lowest BCUT2D eigenvalue weighted by atomic mass is 10.00. The number of carbonyl (C=O) groups is 1. The third-order valence-corrected chi connectivity index (χ3v) is 3.99. The first kappa shape index (κ1) is 13.5. The molecular formula is C13H20N4O3. The molecule has 3 rings (SSSR count). The number of carboxylic acids is 1. The third kappa shape index (κ3) is 2.99. The zero-order chi connectivity index (χ0) is 13.9. The molecule has 1 aromatic rings. The van der Waals surface area contributed by atoms with E-state index < -0.39 is 5.97 Å². The van der Waals surface area contributed by atoms with Gasteiger partial charge in [-0.05, 0) is 12.8 Å². The van der Waals surface area contributed by atoms with Crippen LogP contribution in [-0.2, 0) is 22.5 Å². The van der Waals surface area contributed by atoms with E-state index in [0.717, 1.165) is 63.8 Å². The Bertz CT molecular complexity index is 456. The molecule has 1 N–H and O–H groups in total. The molecule has 3 heterocycles. The maximum Gasteiger partial charge on any atom is 0.317 e. The van der Waals surface area contributed by atoms with Crippen LogP contribution in [0.1, 0.15) is 30.4 Å². The largest absolute Gasteiger partial charge is 0.480 e. The van der Waals surface area contributed by atoms with E-state index in [1.54, 1.807) is 0 Å². The van der Waals surface area contributed by atoms with Gasteiger partial charge in [0.05, 0.1) is 13.1 Å². The van der Waals surface area contributed by atoms with Gasteiger partial charge in [-0.3, -0.25) is 9.69 Å². The molecular weight excluding hydrogens is 260 g/mol. The van der Waals surface area contributed by atoms with Crippen molar-refractivity contribution in [2.75, 3.05) is 32.8 Å². The lowest BCUT2D eigenvalue weighted by molar-refractivity contribution is -0.138. The van der Waals surface area contributed by atoms with Crippen molar-refractivity contribution >= 4 is 5.97 Å². The summed E-state index contributed by atoms with van der Waals surface area (Å²) in [7, 11) is 0. The van der Waals surface area contributed by atoms with Crippen molar-refractivity contribution in [1.82, 2.24) is 19.7 Å². The minimum absolute atomic E-state index is 0.0949. The molecule has 1 fully saturated rings. The van der Waals surface area contributed by atoms with Crippen LogP contribution in [0.3, 0.4) is 0 Å². The monoisotopic (exact) mass is 280 g/mol. The molecule has 0 amide bonds. The van der Waals surface area contributed by atoms with Crippen molar-refractivity contribution in [3.05, 3.63) is 11.6 Å². The second kappa shape index (κ2) is 5.88. The van der Waals surface area contributed by atoms with Gasteiger partial charge in [0.25, 0.3) is 0 Å². The Kier molecular flexibility index (Phi) is 3.98. The van der Waals surface area contributed by atoms with Gasteiger partial charge in [-0.2, -0.15) is 5.10 Å². The number of hydrogen-bond acceptors (Lipinski definition) is 5. The second-order valence-corrected chi connectivity index (χ2v) is 5.42.